The van der Waals surface area contributed by atoms with E-state index in [4.69, 9.17) is 39.6 Å². The van der Waals surface area contributed by atoms with Gasteiger partial charge in [0.2, 0.25) is 0 Å². The van der Waals surface area contributed by atoms with Crippen LogP contribution in [0.25, 0.3) is 10.2 Å². The molecule has 0 aliphatic heterocycles. The monoisotopic (exact) mass is 484 g/mol. The fourth-order valence-corrected chi connectivity index (χ4v) is 4.30. The van der Waals surface area contributed by atoms with E-state index in [-0.39, 0.29) is 0 Å². The Morgan fingerprint density at radius 2 is 1.48 bits per heavy atom. The van der Waals surface area contributed by atoms with Gasteiger partial charge in [0.1, 0.15) is 16.5 Å². The summed E-state index contributed by atoms with van der Waals surface area (Å²) in [5, 5.41) is 34.4. The van der Waals surface area contributed by atoms with Crippen molar-refractivity contribution >= 4 is 51.2 Å². The van der Waals surface area contributed by atoms with Crippen LogP contribution in [0.4, 0.5) is 5.82 Å². The molecule has 0 spiro atoms. The predicted octanol–water partition coefficient (Wildman–Crippen LogP) is 1.55. The lowest BCUT2D eigenvalue weighted by Crippen LogP contribution is -2.17. The summed E-state index contributed by atoms with van der Waals surface area (Å²) < 4.78 is 0. The molecule has 0 unspecified atom stereocenters. The van der Waals surface area contributed by atoms with Crippen molar-refractivity contribution < 1.29 is 39.6 Å². The topological polar surface area (TPSA) is 190 Å². The zero-order valence-electron chi connectivity index (χ0n) is 18.6. The van der Waals surface area contributed by atoms with Crippen molar-refractivity contribution in [3.05, 3.63) is 16.3 Å². The SMILES string of the molecule is Cc1nc(NCCCN(C)C)c2c3c(sc2n1)CCCC3.O=C(O)C(=O)O.O=C(O)C(=O)O. The Balaban J connectivity index is 0.000000377. The van der Waals surface area contributed by atoms with Gasteiger partial charge in [-0.2, -0.15) is 0 Å². The van der Waals surface area contributed by atoms with Gasteiger partial charge in [-0.1, -0.05) is 0 Å². The molecular formula is C20H28N4O8S. The lowest BCUT2D eigenvalue weighted by atomic mass is 9.97. The Kier molecular flexibility index (Phi) is 11.2. The van der Waals surface area contributed by atoms with E-state index < -0.39 is 23.9 Å². The van der Waals surface area contributed by atoms with Gasteiger partial charge >= 0.3 is 23.9 Å². The van der Waals surface area contributed by atoms with E-state index in [1.54, 1.807) is 0 Å². The standard InChI is InChI=1S/C16H24N4S.2C2H2O4/c1-11-18-15(17-9-6-10-20(2)3)14-12-7-4-5-8-13(12)21-16(14)19-11;2*3-1(4)2(5)6/h4-10H2,1-3H3,(H,17,18,19);2*(H,3,4)(H,5,6). The summed E-state index contributed by atoms with van der Waals surface area (Å²) in [7, 11) is 4.23. The molecule has 13 heteroatoms. The van der Waals surface area contributed by atoms with E-state index >= 15 is 0 Å². The number of carbonyl (C=O) groups is 4. The summed E-state index contributed by atoms with van der Waals surface area (Å²) in [5.41, 5.74) is 1.51. The van der Waals surface area contributed by atoms with Crippen LogP contribution in [0.5, 0.6) is 0 Å². The Hall–Kier alpha value is -3.32. The molecule has 182 valence electrons. The van der Waals surface area contributed by atoms with E-state index in [0.29, 0.717) is 0 Å². The number of anilines is 1. The van der Waals surface area contributed by atoms with E-state index in [9.17, 15) is 0 Å². The van der Waals surface area contributed by atoms with Crippen LogP contribution in [0.3, 0.4) is 0 Å². The van der Waals surface area contributed by atoms with Gasteiger partial charge in [-0.15, -0.1) is 11.3 Å². The highest BCUT2D eigenvalue weighted by atomic mass is 32.1. The molecule has 0 atom stereocenters. The highest BCUT2D eigenvalue weighted by Gasteiger charge is 2.20. The van der Waals surface area contributed by atoms with Crippen LogP contribution in [0.2, 0.25) is 0 Å². The van der Waals surface area contributed by atoms with Gasteiger partial charge in [0.05, 0.1) is 5.39 Å². The predicted molar refractivity (Wildman–Crippen MR) is 121 cm³/mol. The van der Waals surface area contributed by atoms with Gasteiger partial charge in [-0.3, -0.25) is 0 Å². The minimum Gasteiger partial charge on any atom is -0.473 e. The van der Waals surface area contributed by atoms with Crippen molar-refractivity contribution in [3.8, 4) is 0 Å². The number of nitrogens with one attached hydrogen (secondary N) is 1. The maximum absolute atomic E-state index is 9.10. The van der Waals surface area contributed by atoms with Crippen molar-refractivity contribution in [2.45, 2.75) is 39.0 Å². The molecule has 0 radical (unpaired) electrons. The molecule has 12 nitrogen and oxygen atoms in total. The molecular weight excluding hydrogens is 456 g/mol. The number of carboxylic acids is 4. The van der Waals surface area contributed by atoms with Crippen LogP contribution in [-0.4, -0.2) is 86.4 Å². The molecule has 0 fully saturated rings. The molecule has 3 rings (SSSR count). The van der Waals surface area contributed by atoms with Crippen LogP contribution < -0.4 is 5.32 Å². The largest absolute Gasteiger partial charge is 0.473 e. The van der Waals surface area contributed by atoms with E-state index in [2.05, 4.69) is 34.3 Å². The Bertz CT molecular complexity index is 958. The van der Waals surface area contributed by atoms with Gasteiger partial charge < -0.3 is 30.6 Å². The fourth-order valence-electron chi connectivity index (χ4n) is 2.99. The Morgan fingerprint density at radius 1 is 0.939 bits per heavy atom. The summed E-state index contributed by atoms with van der Waals surface area (Å²) >= 11 is 1.87. The first kappa shape index (κ1) is 27.7. The van der Waals surface area contributed by atoms with Gasteiger partial charge in [0.25, 0.3) is 0 Å². The fraction of sp³-hybridized carbons (Fsp3) is 0.500. The second-order valence-corrected chi connectivity index (χ2v) is 8.40. The highest BCUT2D eigenvalue weighted by molar-refractivity contribution is 7.19. The molecule has 1 aliphatic rings. The van der Waals surface area contributed by atoms with Crippen LogP contribution in [0, 0.1) is 6.92 Å². The maximum Gasteiger partial charge on any atom is 0.414 e. The lowest BCUT2D eigenvalue weighted by Gasteiger charge is -2.14. The maximum atomic E-state index is 9.10. The molecule has 2 aromatic heterocycles. The van der Waals surface area contributed by atoms with Crippen molar-refractivity contribution in [2.75, 3.05) is 32.5 Å². The molecule has 1 aliphatic carbocycles. The van der Waals surface area contributed by atoms with Crippen LogP contribution in [-0.2, 0) is 32.0 Å². The van der Waals surface area contributed by atoms with E-state index in [1.807, 2.05) is 18.3 Å². The normalized spacial score (nSPS) is 12.0. The van der Waals surface area contributed by atoms with Gasteiger partial charge in [0.15, 0.2) is 0 Å². The molecule has 0 saturated carbocycles. The molecule has 2 heterocycles. The van der Waals surface area contributed by atoms with E-state index in [0.717, 1.165) is 31.2 Å². The Morgan fingerprint density at radius 3 is 2.00 bits per heavy atom. The lowest BCUT2D eigenvalue weighted by molar-refractivity contribution is -0.159. The Labute approximate surface area is 193 Å². The van der Waals surface area contributed by atoms with Gasteiger partial charge in [-0.05, 0) is 65.2 Å². The van der Waals surface area contributed by atoms with Gasteiger partial charge in [-0.25, -0.2) is 29.1 Å². The third-order valence-corrected chi connectivity index (χ3v) is 5.55. The molecule has 0 amide bonds. The molecule has 0 saturated heterocycles. The smallest absolute Gasteiger partial charge is 0.414 e. The number of carboxylic acid groups (broad SMARTS) is 4. The molecule has 33 heavy (non-hydrogen) atoms. The number of hydrogen-bond acceptors (Lipinski definition) is 9. The van der Waals surface area contributed by atoms with Crippen molar-refractivity contribution in [1.82, 2.24) is 14.9 Å². The third-order valence-electron chi connectivity index (χ3n) is 4.37. The summed E-state index contributed by atoms with van der Waals surface area (Å²) in [5.74, 6) is -5.37. The number of aryl methyl sites for hydroxylation is 3. The summed E-state index contributed by atoms with van der Waals surface area (Å²) in [6.07, 6.45) is 6.15. The minimum absolute atomic E-state index is 0.871. The van der Waals surface area contributed by atoms with Crippen molar-refractivity contribution in [2.24, 2.45) is 0 Å². The average Bonchev–Trinajstić information content (AvgIpc) is 3.09. The van der Waals surface area contributed by atoms with Crippen molar-refractivity contribution in [1.29, 1.82) is 0 Å². The van der Waals surface area contributed by atoms with Crippen LogP contribution in [0.1, 0.15) is 35.5 Å². The summed E-state index contributed by atoms with van der Waals surface area (Å²) in [4.78, 5) is 50.6. The number of aromatic nitrogens is 2. The number of fused-ring (bicyclic) bond motifs is 3. The first-order valence-corrected chi connectivity index (χ1v) is 10.9. The molecule has 0 aromatic carbocycles. The molecule has 5 N–H and O–H groups in total. The van der Waals surface area contributed by atoms with E-state index in [1.165, 1.54) is 46.3 Å². The van der Waals surface area contributed by atoms with Crippen LogP contribution in [0.15, 0.2) is 0 Å². The van der Waals surface area contributed by atoms with Crippen molar-refractivity contribution in [3.63, 3.8) is 0 Å². The zero-order chi connectivity index (χ0) is 25.1. The van der Waals surface area contributed by atoms with Gasteiger partial charge in [0, 0.05) is 11.4 Å². The number of aliphatic carboxylic acids is 4. The minimum atomic E-state index is -1.82. The second kappa shape index (κ2) is 13.3. The molecule has 0 bridgehead atoms. The van der Waals surface area contributed by atoms with Crippen LogP contribution >= 0.6 is 11.3 Å². The number of rotatable bonds is 5. The number of thiophene rings is 1. The quantitative estimate of drug-likeness (QED) is 0.304. The summed E-state index contributed by atoms with van der Waals surface area (Å²) in [6, 6.07) is 0. The average molecular weight is 485 g/mol. The number of hydrogen-bond donors (Lipinski definition) is 5. The first-order chi connectivity index (χ1) is 15.4. The third kappa shape index (κ3) is 9.37. The zero-order valence-corrected chi connectivity index (χ0v) is 19.4. The first-order valence-electron chi connectivity index (χ1n) is 10.0. The highest BCUT2D eigenvalue weighted by Crippen LogP contribution is 2.38. The second-order valence-electron chi connectivity index (χ2n) is 7.31. The summed E-state index contributed by atoms with van der Waals surface area (Å²) in [6.45, 7) is 4.06. The molecule has 2 aromatic rings. The number of nitrogens with zero attached hydrogens (tertiary/aromatic N) is 3.